The van der Waals surface area contributed by atoms with Gasteiger partial charge in [0.2, 0.25) is 0 Å². The number of carbonyl (C=O) groups is 2. The molecule has 6 heteroatoms. The van der Waals surface area contributed by atoms with Crippen LogP contribution in [0.1, 0.15) is 29.5 Å². The van der Waals surface area contributed by atoms with Gasteiger partial charge in [-0.15, -0.1) is 0 Å². The van der Waals surface area contributed by atoms with Gasteiger partial charge in [0.15, 0.2) is 5.76 Å². The van der Waals surface area contributed by atoms with E-state index in [1.165, 1.54) is 4.90 Å². The van der Waals surface area contributed by atoms with Crippen molar-refractivity contribution in [1.29, 1.82) is 0 Å². The van der Waals surface area contributed by atoms with Gasteiger partial charge in [-0.25, -0.2) is 0 Å². The Morgan fingerprint density at radius 2 is 2.05 bits per heavy atom. The maximum atomic E-state index is 12.4. The van der Waals surface area contributed by atoms with Crippen LogP contribution in [0.2, 0.25) is 0 Å². The third-order valence-corrected chi connectivity index (χ3v) is 3.78. The summed E-state index contributed by atoms with van der Waals surface area (Å²) in [6.45, 7) is 4.37. The van der Waals surface area contributed by atoms with Gasteiger partial charge < -0.3 is 14.4 Å². The summed E-state index contributed by atoms with van der Waals surface area (Å²) >= 11 is 3.42. The van der Waals surface area contributed by atoms with Crippen molar-refractivity contribution in [2.24, 2.45) is 0 Å². The van der Waals surface area contributed by atoms with Crippen molar-refractivity contribution in [2.75, 3.05) is 13.1 Å². The zero-order valence-corrected chi connectivity index (χ0v) is 13.4. The van der Waals surface area contributed by atoms with Crippen LogP contribution in [0.25, 0.3) is 11.0 Å². The van der Waals surface area contributed by atoms with E-state index in [1.807, 2.05) is 26.0 Å². The van der Waals surface area contributed by atoms with Gasteiger partial charge in [-0.2, -0.15) is 0 Å². The second-order valence-electron chi connectivity index (χ2n) is 4.80. The molecular weight excluding hydrogens is 338 g/mol. The highest BCUT2D eigenvalue weighted by atomic mass is 79.9. The summed E-state index contributed by atoms with van der Waals surface area (Å²) in [5.74, 6) is -0.993. The highest BCUT2D eigenvalue weighted by molar-refractivity contribution is 9.10. The first-order valence-electron chi connectivity index (χ1n) is 6.63. The summed E-state index contributed by atoms with van der Waals surface area (Å²) in [6, 6.07) is 5.55. The van der Waals surface area contributed by atoms with Gasteiger partial charge in [-0.05, 0) is 53.5 Å². The second kappa shape index (κ2) is 6.30. The van der Waals surface area contributed by atoms with Crippen LogP contribution >= 0.6 is 15.9 Å². The van der Waals surface area contributed by atoms with E-state index in [-0.39, 0.29) is 24.6 Å². The zero-order chi connectivity index (χ0) is 15.6. The van der Waals surface area contributed by atoms with Crippen molar-refractivity contribution in [2.45, 2.75) is 20.3 Å². The fourth-order valence-corrected chi connectivity index (χ4v) is 2.82. The van der Waals surface area contributed by atoms with E-state index < -0.39 is 5.97 Å². The monoisotopic (exact) mass is 353 g/mol. The smallest absolute Gasteiger partial charge is 0.305 e. The number of carboxylic acid groups (broad SMARTS) is 1. The summed E-state index contributed by atoms with van der Waals surface area (Å²) in [6.07, 6.45) is -0.0807. The molecule has 0 bridgehead atoms. The Morgan fingerprint density at radius 1 is 1.33 bits per heavy atom. The van der Waals surface area contributed by atoms with E-state index in [9.17, 15) is 9.59 Å². The first-order chi connectivity index (χ1) is 9.92. The number of furan rings is 1. The summed E-state index contributed by atoms with van der Waals surface area (Å²) in [4.78, 5) is 24.5. The predicted octanol–water partition coefficient (Wildman–Crippen LogP) is 3.44. The first kappa shape index (κ1) is 15.6. The minimum absolute atomic E-state index is 0.0807. The van der Waals surface area contributed by atoms with Gasteiger partial charge in [0.05, 0.1) is 10.9 Å². The van der Waals surface area contributed by atoms with Gasteiger partial charge in [-0.1, -0.05) is 0 Å². The van der Waals surface area contributed by atoms with Crippen LogP contribution in [0.4, 0.5) is 0 Å². The molecule has 0 aliphatic carbocycles. The van der Waals surface area contributed by atoms with Crippen LogP contribution in [-0.2, 0) is 4.79 Å². The molecule has 1 aromatic carbocycles. The number of nitrogens with zero attached hydrogens (tertiary/aromatic N) is 1. The number of amides is 1. The summed E-state index contributed by atoms with van der Waals surface area (Å²) in [5, 5.41) is 9.57. The molecule has 0 fully saturated rings. The number of carboxylic acids is 1. The molecule has 1 amide bonds. The predicted molar refractivity (Wildman–Crippen MR) is 82.5 cm³/mol. The first-order valence-corrected chi connectivity index (χ1v) is 7.42. The van der Waals surface area contributed by atoms with Crippen molar-refractivity contribution in [3.8, 4) is 0 Å². The Labute approximate surface area is 130 Å². The zero-order valence-electron chi connectivity index (χ0n) is 11.9. The van der Waals surface area contributed by atoms with Crippen molar-refractivity contribution >= 4 is 38.8 Å². The highest BCUT2D eigenvalue weighted by Crippen LogP contribution is 2.29. The molecule has 0 saturated carbocycles. The van der Waals surface area contributed by atoms with E-state index in [4.69, 9.17) is 9.52 Å². The molecule has 1 N–H and O–H groups in total. The Morgan fingerprint density at radius 3 is 2.67 bits per heavy atom. The molecule has 1 aromatic heterocycles. The number of hydrogen-bond donors (Lipinski definition) is 1. The lowest BCUT2D eigenvalue weighted by molar-refractivity contribution is -0.137. The number of halogens is 1. The van der Waals surface area contributed by atoms with E-state index >= 15 is 0 Å². The molecule has 2 aromatic rings. The maximum absolute atomic E-state index is 12.4. The van der Waals surface area contributed by atoms with Crippen molar-refractivity contribution in [1.82, 2.24) is 4.90 Å². The van der Waals surface area contributed by atoms with Gasteiger partial charge in [-0.3, -0.25) is 9.59 Å². The number of rotatable bonds is 5. The molecule has 0 aliphatic heterocycles. The largest absolute Gasteiger partial charge is 0.481 e. The average Bonchev–Trinajstić information content (AvgIpc) is 2.83. The Bertz CT molecular complexity index is 692. The van der Waals surface area contributed by atoms with Crippen molar-refractivity contribution in [3.63, 3.8) is 0 Å². The standard InChI is InChI=1S/C15H16BrNO4/c1-3-17(5-4-13(18)19)15(20)12-8-10-6-9(2)7-11(16)14(10)21-12/h6-8H,3-5H2,1-2H3,(H,18,19). The van der Waals surface area contributed by atoms with Gasteiger partial charge in [0, 0.05) is 18.5 Å². The van der Waals surface area contributed by atoms with Crippen LogP contribution < -0.4 is 0 Å². The third kappa shape index (κ3) is 3.44. The van der Waals surface area contributed by atoms with Gasteiger partial charge in [0.25, 0.3) is 5.91 Å². The normalized spacial score (nSPS) is 10.8. The highest BCUT2D eigenvalue weighted by Gasteiger charge is 2.20. The average molecular weight is 354 g/mol. The van der Waals surface area contributed by atoms with Crippen molar-refractivity contribution in [3.05, 3.63) is 34.0 Å². The molecule has 0 atom stereocenters. The lowest BCUT2D eigenvalue weighted by Gasteiger charge is -2.18. The second-order valence-corrected chi connectivity index (χ2v) is 5.66. The fourth-order valence-electron chi connectivity index (χ4n) is 2.15. The SMILES string of the molecule is CCN(CCC(=O)O)C(=O)c1cc2cc(C)cc(Br)c2o1. The Hall–Kier alpha value is -1.82. The third-order valence-electron chi connectivity index (χ3n) is 3.19. The van der Waals surface area contributed by atoms with Gasteiger partial charge in [0.1, 0.15) is 5.58 Å². The molecular formula is C15H16BrNO4. The van der Waals surface area contributed by atoms with Crippen LogP contribution in [0.3, 0.4) is 0 Å². The minimum atomic E-state index is -0.927. The number of benzene rings is 1. The molecule has 0 unspecified atom stereocenters. The number of hydrogen-bond acceptors (Lipinski definition) is 3. The van der Waals surface area contributed by atoms with E-state index in [0.717, 1.165) is 15.4 Å². The number of fused-ring (bicyclic) bond motifs is 1. The Balaban J connectivity index is 2.29. The van der Waals surface area contributed by atoms with E-state index in [2.05, 4.69) is 15.9 Å². The van der Waals surface area contributed by atoms with Crippen LogP contribution in [0.5, 0.6) is 0 Å². The van der Waals surface area contributed by atoms with E-state index in [1.54, 1.807) is 6.07 Å². The minimum Gasteiger partial charge on any atom is -0.481 e. The lowest BCUT2D eigenvalue weighted by Crippen LogP contribution is -2.32. The molecule has 21 heavy (non-hydrogen) atoms. The number of carbonyl (C=O) groups excluding carboxylic acids is 1. The quantitative estimate of drug-likeness (QED) is 0.893. The number of aryl methyl sites for hydroxylation is 1. The molecule has 112 valence electrons. The van der Waals surface area contributed by atoms with Crippen molar-refractivity contribution < 1.29 is 19.1 Å². The van der Waals surface area contributed by atoms with E-state index in [0.29, 0.717) is 12.1 Å². The molecule has 1 heterocycles. The fraction of sp³-hybridized carbons (Fsp3) is 0.333. The molecule has 2 rings (SSSR count). The topological polar surface area (TPSA) is 70.8 Å². The van der Waals surface area contributed by atoms with Crippen LogP contribution in [0, 0.1) is 6.92 Å². The van der Waals surface area contributed by atoms with Gasteiger partial charge >= 0.3 is 5.97 Å². The molecule has 0 spiro atoms. The summed E-state index contributed by atoms with van der Waals surface area (Å²) < 4.78 is 6.42. The lowest BCUT2D eigenvalue weighted by atomic mass is 10.2. The molecule has 0 saturated heterocycles. The molecule has 0 aliphatic rings. The summed E-state index contributed by atoms with van der Waals surface area (Å²) in [7, 11) is 0. The summed E-state index contributed by atoms with van der Waals surface area (Å²) in [5.41, 5.74) is 1.69. The van der Waals surface area contributed by atoms with Crippen LogP contribution in [-0.4, -0.2) is 35.0 Å². The molecule has 5 nitrogen and oxygen atoms in total. The molecule has 0 radical (unpaired) electrons. The van der Waals surface area contributed by atoms with Crippen LogP contribution in [0.15, 0.2) is 27.1 Å². The Kier molecular flexibility index (Phi) is 4.67. The maximum Gasteiger partial charge on any atom is 0.305 e. The number of aliphatic carboxylic acids is 1.